The summed E-state index contributed by atoms with van der Waals surface area (Å²) in [6, 6.07) is 12.3. The monoisotopic (exact) mass is 308 g/mol. The van der Waals surface area contributed by atoms with Crippen molar-refractivity contribution in [3.63, 3.8) is 0 Å². The molecule has 3 aromatic rings. The van der Waals surface area contributed by atoms with Crippen LogP contribution in [0, 0.1) is 13.8 Å². The predicted molar refractivity (Wildman–Crippen MR) is 90.1 cm³/mol. The van der Waals surface area contributed by atoms with E-state index in [1.165, 1.54) is 0 Å². The number of H-pyrrole nitrogens is 1. The lowest BCUT2D eigenvalue weighted by molar-refractivity contribution is 0.102. The molecule has 0 atom stereocenters. The molecule has 0 aliphatic rings. The molecule has 0 spiro atoms. The molecular formula is C18H16N2O3. The van der Waals surface area contributed by atoms with Crippen LogP contribution >= 0.6 is 0 Å². The molecule has 3 rings (SSSR count). The van der Waals surface area contributed by atoms with Crippen LogP contribution in [0.5, 0.6) is 5.75 Å². The molecule has 0 radical (unpaired) electrons. The van der Waals surface area contributed by atoms with Crippen molar-refractivity contribution in [3.8, 4) is 5.75 Å². The highest BCUT2D eigenvalue weighted by molar-refractivity contribution is 6.09. The molecule has 23 heavy (non-hydrogen) atoms. The van der Waals surface area contributed by atoms with Gasteiger partial charge in [0.25, 0.3) is 11.5 Å². The molecule has 0 saturated heterocycles. The second-order valence-corrected chi connectivity index (χ2v) is 5.42. The Morgan fingerprint density at radius 1 is 1.09 bits per heavy atom. The standard InChI is InChI=1S/C18H16N2O3/c1-10-6-5-9-13(11(10)2)19-17(22)15-16(21)12-7-3-4-8-14(12)20-18(15)23/h3-9H,1-2H3,(H,19,22)(H2,20,21,23). The number of amides is 1. The molecule has 5 heteroatoms. The smallest absolute Gasteiger partial charge is 0.265 e. The molecule has 116 valence electrons. The van der Waals surface area contributed by atoms with Crippen molar-refractivity contribution in [2.24, 2.45) is 0 Å². The molecule has 0 aliphatic heterocycles. The van der Waals surface area contributed by atoms with E-state index >= 15 is 0 Å². The van der Waals surface area contributed by atoms with E-state index in [4.69, 9.17) is 0 Å². The molecule has 1 amide bonds. The van der Waals surface area contributed by atoms with Crippen molar-refractivity contribution in [3.05, 3.63) is 69.5 Å². The first kappa shape index (κ1) is 14.8. The van der Waals surface area contributed by atoms with Crippen LogP contribution in [-0.2, 0) is 0 Å². The number of para-hydroxylation sites is 1. The maximum absolute atomic E-state index is 12.5. The summed E-state index contributed by atoms with van der Waals surface area (Å²) in [6.07, 6.45) is 0. The van der Waals surface area contributed by atoms with E-state index in [2.05, 4.69) is 10.3 Å². The molecule has 0 aliphatic carbocycles. The van der Waals surface area contributed by atoms with E-state index in [9.17, 15) is 14.7 Å². The average Bonchev–Trinajstić information content (AvgIpc) is 2.52. The van der Waals surface area contributed by atoms with Crippen LogP contribution in [0.4, 0.5) is 5.69 Å². The number of rotatable bonds is 2. The molecule has 5 nitrogen and oxygen atoms in total. The van der Waals surface area contributed by atoms with Gasteiger partial charge in [-0.1, -0.05) is 24.3 Å². The zero-order chi connectivity index (χ0) is 16.6. The number of anilines is 1. The van der Waals surface area contributed by atoms with E-state index < -0.39 is 11.5 Å². The fraction of sp³-hybridized carbons (Fsp3) is 0.111. The van der Waals surface area contributed by atoms with Crippen LogP contribution in [0.25, 0.3) is 10.9 Å². The van der Waals surface area contributed by atoms with Gasteiger partial charge in [0.1, 0.15) is 11.3 Å². The minimum Gasteiger partial charge on any atom is -0.506 e. The number of fused-ring (bicyclic) bond motifs is 1. The molecule has 0 saturated carbocycles. The molecule has 0 unspecified atom stereocenters. The van der Waals surface area contributed by atoms with Crippen molar-refractivity contribution < 1.29 is 9.90 Å². The topological polar surface area (TPSA) is 82.2 Å². The summed E-state index contributed by atoms with van der Waals surface area (Å²) < 4.78 is 0. The minimum atomic E-state index is -0.636. The zero-order valence-corrected chi connectivity index (χ0v) is 12.8. The summed E-state index contributed by atoms with van der Waals surface area (Å²) in [5.41, 5.74) is 2.13. The maximum Gasteiger partial charge on any atom is 0.265 e. The average molecular weight is 308 g/mol. The van der Waals surface area contributed by atoms with Crippen LogP contribution in [0.3, 0.4) is 0 Å². The number of hydrogen-bond acceptors (Lipinski definition) is 3. The number of benzene rings is 2. The van der Waals surface area contributed by atoms with Gasteiger partial charge < -0.3 is 15.4 Å². The predicted octanol–water partition coefficient (Wildman–Crippen LogP) is 3.10. The van der Waals surface area contributed by atoms with Gasteiger partial charge in [0.15, 0.2) is 0 Å². The lowest BCUT2D eigenvalue weighted by Gasteiger charge is -2.11. The third kappa shape index (κ3) is 2.57. The second kappa shape index (κ2) is 5.61. The number of carbonyl (C=O) groups is 1. The molecule has 1 heterocycles. The van der Waals surface area contributed by atoms with Crippen molar-refractivity contribution in [1.29, 1.82) is 0 Å². The number of aryl methyl sites for hydroxylation is 1. The summed E-state index contributed by atoms with van der Waals surface area (Å²) in [5, 5.41) is 13.4. The van der Waals surface area contributed by atoms with Crippen LogP contribution in [0.2, 0.25) is 0 Å². The van der Waals surface area contributed by atoms with Gasteiger partial charge in [-0.2, -0.15) is 0 Å². The molecular weight excluding hydrogens is 292 g/mol. The first-order chi connectivity index (χ1) is 11.0. The number of aromatic amines is 1. The summed E-state index contributed by atoms with van der Waals surface area (Å²) in [5.74, 6) is -0.949. The SMILES string of the molecule is Cc1cccc(NC(=O)c2c(O)c3ccccc3[nH]c2=O)c1C. The highest BCUT2D eigenvalue weighted by Crippen LogP contribution is 2.26. The molecule has 0 fully saturated rings. The third-order valence-electron chi connectivity index (χ3n) is 3.97. The Kier molecular flexibility index (Phi) is 3.62. The lowest BCUT2D eigenvalue weighted by Crippen LogP contribution is -2.23. The molecule has 0 bridgehead atoms. The lowest BCUT2D eigenvalue weighted by atomic mass is 10.1. The van der Waals surface area contributed by atoms with Gasteiger partial charge in [0.05, 0.1) is 5.52 Å². The number of hydrogen-bond donors (Lipinski definition) is 3. The quantitative estimate of drug-likeness (QED) is 0.680. The third-order valence-corrected chi connectivity index (χ3v) is 3.97. The Balaban J connectivity index is 2.08. The number of carbonyl (C=O) groups excluding carboxylic acids is 1. The van der Waals surface area contributed by atoms with Crippen LogP contribution < -0.4 is 10.9 Å². The van der Waals surface area contributed by atoms with E-state index in [1.54, 1.807) is 30.3 Å². The van der Waals surface area contributed by atoms with Gasteiger partial charge in [-0.25, -0.2) is 0 Å². The largest absolute Gasteiger partial charge is 0.506 e. The Morgan fingerprint density at radius 3 is 2.61 bits per heavy atom. The summed E-state index contributed by atoms with van der Waals surface area (Å²) in [6.45, 7) is 3.82. The van der Waals surface area contributed by atoms with E-state index in [0.29, 0.717) is 16.6 Å². The Labute approximate surface area is 132 Å². The normalized spacial score (nSPS) is 10.7. The highest BCUT2D eigenvalue weighted by atomic mass is 16.3. The van der Waals surface area contributed by atoms with E-state index in [1.807, 2.05) is 26.0 Å². The van der Waals surface area contributed by atoms with Crippen molar-refractivity contribution in [2.45, 2.75) is 13.8 Å². The van der Waals surface area contributed by atoms with E-state index in [-0.39, 0.29) is 11.3 Å². The number of aromatic nitrogens is 1. The van der Waals surface area contributed by atoms with Crippen LogP contribution in [-0.4, -0.2) is 16.0 Å². The molecule has 2 aromatic carbocycles. The van der Waals surface area contributed by atoms with Gasteiger partial charge in [0, 0.05) is 11.1 Å². The Bertz CT molecular complexity index is 974. The van der Waals surface area contributed by atoms with Gasteiger partial charge in [-0.15, -0.1) is 0 Å². The summed E-state index contributed by atoms with van der Waals surface area (Å²) in [4.78, 5) is 27.2. The molecule has 1 aromatic heterocycles. The summed E-state index contributed by atoms with van der Waals surface area (Å²) in [7, 11) is 0. The Morgan fingerprint density at radius 2 is 1.83 bits per heavy atom. The van der Waals surface area contributed by atoms with Gasteiger partial charge in [-0.3, -0.25) is 9.59 Å². The minimum absolute atomic E-state index is 0.287. The van der Waals surface area contributed by atoms with Crippen molar-refractivity contribution in [1.82, 2.24) is 4.98 Å². The Hall–Kier alpha value is -3.08. The van der Waals surface area contributed by atoms with Gasteiger partial charge in [-0.05, 0) is 43.2 Å². The maximum atomic E-state index is 12.5. The van der Waals surface area contributed by atoms with Crippen molar-refractivity contribution >= 4 is 22.5 Å². The second-order valence-electron chi connectivity index (χ2n) is 5.42. The summed E-state index contributed by atoms with van der Waals surface area (Å²) >= 11 is 0. The van der Waals surface area contributed by atoms with Gasteiger partial charge in [0.2, 0.25) is 0 Å². The van der Waals surface area contributed by atoms with Crippen LogP contribution in [0.15, 0.2) is 47.3 Å². The van der Waals surface area contributed by atoms with Gasteiger partial charge >= 0.3 is 0 Å². The fourth-order valence-electron chi connectivity index (χ4n) is 2.51. The first-order valence-corrected chi connectivity index (χ1v) is 7.20. The fourth-order valence-corrected chi connectivity index (χ4v) is 2.51. The number of pyridine rings is 1. The molecule has 3 N–H and O–H groups in total. The van der Waals surface area contributed by atoms with Crippen molar-refractivity contribution in [2.75, 3.05) is 5.32 Å². The number of nitrogens with one attached hydrogen (secondary N) is 2. The number of aromatic hydroxyl groups is 1. The highest BCUT2D eigenvalue weighted by Gasteiger charge is 2.19. The van der Waals surface area contributed by atoms with Crippen LogP contribution in [0.1, 0.15) is 21.5 Å². The van der Waals surface area contributed by atoms with E-state index in [0.717, 1.165) is 11.1 Å². The zero-order valence-electron chi connectivity index (χ0n) is 12.8. The first-order valence-electron chi connectivity index (χ1n) is 7.20.